The van der Waals surface area contributed by atoms with E-state index in [1.807, 2.05) is 26.0 Å². The molecule has 1 aromatic carbocycles. The predicted octanol–water partition coefficient (Wildman–Crippen LogP) is 4.92. The molecule has 2 saturated carbocycles. The molecular weight excluding hydrogens is 402 g/mol. The van der Waals surface area contributed by atoms with Crippen LogP contribution >= 0.6 is 0 Å². The first kappa shape index (κ1) is 21.4. The molecule has 2 aromatic rings. The molecule has 6 nitrogen and oxygen atoms in total. The summed E-state index contributed by atoms with van der Waals surface area (Å²) in [5.74, 6) is 1.83. The van der Waals surface area contributed by atoms with Crippen LogP contribution in [0.15, 0.2) is 42.7 Å². The Morgan fingerprint density at radius 3 is 2.75 bits per heavy atom. The molecule has 1 N–H and O–H groups in total. The van der Waals surface area contributed by atoms with Gasteiger partial charge in [-0.25, -0.2) is 9.97 Å². The van der Waals surface area contributed by atoms with Crippen molar-refractivity contribution in [1.29, 1.82) is 0 Å². The molecule has 3 fully saturated rings. The zero-order chi connectivity index (χ0) is 22.5. The number of ether oxygens (including phenoxy) is 2. The zero-order valence-corrected chi connectivity index (χ0v) is 19.4. The second-order valence-corrected chi connectivity index (χ2v) is 10.6. The Morgan fingerprint density at radius 1 is 1.22 bits per heavy atom. The molecule has 3 aliphatic rings. The van der Waals surface area contributed by atoms with Crippen LogP contribution in [0.3, 0.4) is 0 Å². The summed E-state index contributed by atoms with van der Waals surface area (Å²) in [7, 11) is 0. The topological polar surface area (TPSA) is 73.3 Å². The predicted molar refractivity (Wildman–Crippen MR) is 121 cm³/mol. The number of carbonyl (C=O) groups excluding carboxylic acids is 1. The molecule has 6 heteroatoms. The SMILES string of the molecule is CC(C)C(=O)N[C@@H]1C(C)(C)[C@@H]2C[C@@H]3[C@@H](c4cccc(Oc5ncccn5)c4)OCCC31C2. The van der Waals surface area contributed by atoms with Crippen molar-refractivity contribution in [2.45, 2.75) is 59.1 Å². The summed E-state index contributed by atoms with van der Waals surface area (Å²) in [6, 6.07) is 10.4. The average Bonchev–Trinajstić information content (AvgIpc) is 3.27. The minimum absolute atomic E-state index is 0.00328. The summed E-state index contributed by atoms with van der Waals surface area (Å²) in [6.07, 6.45) is 6.65. The Kier molecular flexibility index (Phi) is 5.24. The molecule has 2 heterocycles. The lowest BCUT2D eigenvalue weighted by molar-refractivity contribution is -0.139. The summed E-state index contributed by atoms with van der Waals surface area (Å²) in [6.45, 7) is 9.34. The van der Waals surface area contributed by atoms with Crippen LogP contribution in [0.5, 0.6) is 11.8 Å². The second-order valence-electron chi connectivity index (χ2n) is 10.6. The van der Waals surface area contributed by atoms with Crippen molar-refractivity contribution in [2.24, 2.45) is 28.6 Å². The third-order valence-electron chi connectivity index (χ3n) is 8.25. The maximum Gasteiger partial charge on any atom is 0.321 e. The number of aromatic nitrogens is 2. The molecule has 1 aromatic heterocycles. The lowest BCUT2D eigenvalue weighted by Crippen LogP contribution is -2.59. The lowest BCUT2D eigenvalue weighted by Gasteiger charge is -2.53. The number of hydrogen-bond acceptors (Lipinski definition) is 5. The Hall–Kier alpha value is -2.47. The van der Waals surface area contributed by atoms with Crippen LogP contribution in [0.2, 0.25) is 0 Å². The summed E-state index contributed by atoms with van der Waals surface area (Å²) in [4.78, 5) is 21.1. The molecule has 2 bridgehead atoms. The van der Waals surface area contributed by atoms with Gasteiger partial charge in [0.25, 0.3) is 0 Å². The van der Waals surface area contributed by atoms with Crippen molar-refractivity contribution >= 4 is 5.91 Å². The number of hydrogen-bond donors (Lipinski definition) is 1. The standard InChI is InChI=1S/C26H33N3O3/c1-16(2)22(30)29-23-25(3,4)18-14-20-21(31-12-9-26(20,23)15-18)17-7-5-8-19(13-17)32-24-27-10-6-11-28-24/h5-8,10-11,13,16,18,20-21,23H,9,12,14-15H2,1-4H3,(H,29,30)/t18-,20-,21-,23-,26?/m1/s1. The summed E-state index contributed by atoms with van der Waals surface area (Å²) in [5, 5.41) is 3.47. The lowest BCUT2D eigenvalue weighted by atomic mass is 9.58. The van der Waals surface area contributed by atoms with E-state index >= 15 is 0 Å². The van der Waals surface area contributed by atoms with Gasteiger partial charge in [0.15, 0.2) is 0 Å². The molecule has 1 unspecified atom stereocenters. The van der Waals surface area contributed by atoms with Gasteiger partial charge in [-0.2, -0.15) is 0 Å². The van der Waals surface area contributed by atoms with Crippen LogP contribution in [-0.2, 0) is 9.53 Å². The van der Waals surface area contributed by atoms with E-state index in [-0.39, 0.29) is 34.8 Å². The number of fused-ring (bicyclic) bond motifs is 1. The van der Waals surface area contributed by atoms with Crippen LogP contribution in [-0.4, -0.2) is 28.5 Å². The van der Waals surface area contributed by atoms with Gasteiger partial charge in [-0.1, -0.05) is 39.8 Å². The van der Waals surface area contributed by atoms with Crippen LogP contribution in [0, 0.1) is 28.6 Å². The summed E-state index contributed by atoms with van der Waals surface area (Å²) >= 11 is 0. The van der Waals surface area contributed by atoms with E-state index in [0.29, 0.717) is 30.2 Å². The number of amides is 1. The molecule has 1 amide bonds. The largest absolute Gasteiger partial charge is 0.424 e. The minimum Gasteiger partial charge on any atom is -0.424 e. The van der Waals surface area contributed by atoms with E-state index in [0.717, 1.165) is 18.4 Å². The van der Waals surface area contributed by atoms with Gasteiger partial charge in [0, 0.05) is 31.0 Å². The third-order valence-corrected chi connectivity index (χ3v) is 8.25. The quantitative estimate of drug-likeness (QED) is 0.721. The Labute approximate surface area is 190 Å². The molecule has 32 heavy (non-hydrogen) atoms. The molecule has 1 aliphatic heterocycles. The Bertz CT molecular complexity index is 993. The van der Waals surface area contributed by atoms with Crippen LogP contribution in [0.4, 0.5) is 0 Å². The van der Waals surface area contributed by atoms with Gasteiger partial charge in [0.1, 0.15) is 5.75 Å². The smallest absolute Gasteiger partial charge is 0.321 e. The zero-order valence-electron chi connectivity index (χ0n) is 19.4. The number of carbonyl (C=O) groups is 1. The number of nitrogens with zero attached hydrogens (tertiary/aromatic N) is 2. The molecule has 170 valence electrons. The summed E-state index contributed by atoms with van der Waals surface area (Å²) < 4.78 is 12.3. The molecule has 2 aliphatic carbocycles. The number of benzene rings is 1. The van der Waals surface area contributed by atoms with E-state index in [1.165, 1.54) is 6.42 Å². The second kappa shape index (κ2) is 7.84. The number of rotatable bonds is 5. The van der Waals surface area contributed by atoms with E-state index in [4.69, 9.17) is 9.47 Å². The van der Waals surface area contributed by atoms with E-state index in [1.54, 1.807) is 18.5 Å². The van der Waals surface area contributed by atoms with Crippen LogP contribution in [0.1, 0.15) is 58.6 Å². The molecule has 1 saturated heterocycles. The van der Waals surface area contributed by atoms with Gasteiger partial charge in [-0.05, 0) is 65.7 Å². The van der Waals surface area contributed by atoms with E-state index < -0.39 is 0 Å². The van der Waals surface area contributed by atoms with Crippen molar-refractivity contribution in [3.63, 3.8) is 0 Å². The first-order valence-corrected chi connectivity index (χ1v) is 11.8. The van der Waals surface area contributed by atoms with Gasteiger partial charge in [-0.3, -0.25) is 4.79 Å². The Balaban J connectivity index is 1.43. The average molecular weight is 436 g/mol. The fourth-order valence-electron chi connectivity index (χ4n) is 6.62. The molecular formula is C26H33N3O3. The van der Waals surface area contributed by atoms with Crippen molar-refractivity contribution in [3.05, 3.63) is 48.3 Å². The summed E-state index contributed by atoms with van der Waals surface area (Å²) in [5.41, 5.74) is 1.31. The monoisotopic (exact) mass is 435 g/mol. The fourth-order valence-corrected chi connectivity index (χ4v) is 6.62. The first-order valence-electron chi connectivity index (χ1n) is 11.8. The Morgan fingerprint density at radius 2 is 2.00 bits per heavy atom. The van der Waals surface area contributed by atoms with E-state index in [2.05, 4.69) is 41.3 Å². The maximum atomic E-state index is 12.7. The van der Waals surface area contributed by atoms with Crippen LogP contribution < -0.4 is 10.1 Å². The molecule has 0 radical (unpaired) electrons. The molecule has 1 spiro atoms. The van der Waals surface area contributed by atoms with Crippen molar-refractivity contribution in [1.82, 2.24) is 15.3 Å². The highest BCUT2D eigenvalue weighted by molar-refractivity contribution is 5.78. The molecule has 5 atom stereocenters. The van der Waals surface area contributed by atoms with Gasteiger partial charge in [-0.15, -0.1) is 0 Å². The highest BCUT2D eigenvalue weighted by Gasteiger charge is 2.68. The number of nitrogens with one attached hydrogen (secondary N) is 1. The van der Waals surface area contributed by atoms with E-state index in [9.17, 15) is 4.79 Å². The van der Waals surface area contributed by atoms with Gasteiger partial charge >= 0.3 is 6.01 Å². The maximum absolute atomic E-state index is 12.7. The van der Waals surface area contributed by atoms with Gasteiger partial charge in [0.2, 0.25) is 5.91 Å². The molecule has 5 rings (SSSR count). The van der Waals surface area contributed by atoms with Crippen molar-refractivity contribution < 1.29 is 14.3 Å². The minimum atomic E-state index is -0.00977. The first-order chi connectivity index (χ1) is 15.3. The normalized spacial score (nSPS) is 32.5. The van der Waals surface area contributed by atoms with Crippen LogP contribution in [0.25, 0.3) is 0 Å². The van der Waals surface area contributed by atoms with Crippen molar-refractivity contribution in [2.75, 3.05) is 6.61 Å². The fraction of sp³-hybridized carbons (Fsp3) is 0.577. The van der Waals surface area contributed by atoms with Crippen molar-refractivity contribution in [3.8, 4) is 11.8 Å². The third kappa shape index (κ3) is 3.40. The highest BCUT2D eigenvalue weighted by atomic mass is 16.5. The van der Waals surface area contributed by atoms with Gasteiger partial charge < -0.3 is 14.8 Å². The highest BCUT2D eigenvalue weighted by Crippen LogP contribution is 2.70. The van der Waals surface area contributed by atoms with Gasteiger partial charge in [0.05, 0.1) is 6.10 Å².